The average Bonchev–Trinajstić information content (AvgIpc) is 2.61. The summed E-state index contributed by atoms with van der Waals surface area (Å²) in [6, 6.07) is 0. The Labute approximate surface area is 101 Å². The first kappa shape index (κ1) is 12.1. The summed E-state index contributed by atoms with van der Waals surface area (Å²) in [5, 5.41) is 4.80. The van der Waals surface area contributed by atoms with Crippen molar-refractivity contribution in [3.63, 3.8) is 0 Å². The summed E-state index contributed by atoms with van der Waals surface area (Å²) in [4.78, 5) is 26.0. The van der Waals surface area contributed by atoms with Crippen LogP contribution in [0.1, 0.15) is 39.0 Å². The number of amides is 2. The highest BCUT2D eigenvalue weighted by Gasteiger charge is 2.25. The summed E-state index contributed by atoms with van der Waals surface area (Å²) >= 11 is 0. The van der Waals surface area contributed by atoms with E-state index in [1.807, 2.05) is 0 Å². The first-order valence-corrected chi connectivity index (χ1v) is 6.32. The Kier molecular flexibility index (Phi) is 3.76. The smallest absolute Gasteiger partial charge is 0.288 e. The normalized spacial score (nSPS) is 28.9. The molecular weight excluding hydrogens is 218 g/mol. The lowest BCUT2D eigenvalue weighted by molar-refractivity contribution is -0.135. The Balaban J connectivity index is 1.71. The van der Waals surface area contributed by atoms with Crippen molar-refractivity contribution in [3.05, 3.63) is 0 Å². The molecule has 94 valence electrons. The molecule has 0 unspecified atom stereocenters. The van der Waals surface area contributed by atoms with Gasteiger partial charge in [0.2, 0.25) is 5.96 Å². The van der Waals surface area contributed by atoms with Crippen LogP contribution in [0.3, 0.4) is 0 Å². The zero-order chi connectivity index (χ0) is 12.3. The zero-order valence-electron chi connectivity index (χ0n) is 10.2. The van der Waals surface area contributed by atoms with E-state index in [-0.39, 0.29) is 0 Å². The molecule has 2 N–H and O–H groups in total. The Morgan fingerprint density at radius 3 is 2.29 bits per heavy atom. The van der Waals surface area contributed by atoms with Crippen LogP contribution < -0.4 is 10.6 Å². The fraction of sp³-hybridized carbons (Fsp3) is 0.750. The van der Waals surface area contributed by atoms with Gasteiger partial charge in [0.1, 0.15) is 0 Å². The number of aliphatic imine (C=N–C) groups is 1. The third kappa shape index (κ3) is 3.28. The molecule has 1 heterocycles. The second kappa shape index (κ2) is 5.29. The van der Waals surface area contributed by atoms with Crippen molar-refractivity contribution in [2.45, 2.75) is 39.0 Å². The van der Waals surface area contributed by atoms with Crippen molar-refractivity contribution in [2.75, 3.05) is 6.54 Å². The number of guanidine groups is 1. The van der Waals surface area contributed by atoms with E-state index < -0.39 is 11.8 Å². The van der Waals surface area contributed by atoms with Gasteiger partial charge in [-0.1, -0.05) is 32.6 Å². The Morgan fingerprint density at radius 1 is 1.12 bits per heavy atom. The molecule has 0 aromatic rings. The summed E-state index contributed by atoms with van der Waals surface area (Å²) in [7, 11) is 0. The SMILES string of the molecule is CC1CCC(CCN=C2NC(=O)C(=O)N2)CC1. The van der Waals surface area contributed by atoms with Crippen molar-refractivity contribution in [1.82, 2.24) is 10.6 Å². The second-order valence-corrected chi connectivity index (χ2v) is 5.05. The molecule has 0 aromatic heterocycles. The quantitative estimate of drug-likeness (QED) is 0.713. The number of hydrogen-bond acceptors (Lipinski definition) is 3. The minimum absolute atomic E-state index is 0.309. The molecule has 0 bridgehead atoms. The Hall–Kier alpha value is -1.39. The van der Waals surface area contributed by atoms with Gasteiger partial charge < -0.3 is 0 Å². The standard InChI is InChI=1S/C12H19N3O2/c1-8-2-4-9(5-3-8)6-7-13-12-14-10(16)11(17)15-12/h8-9H,2-7H2,1H3,(H2,13,14,15,16,17). The van der Waals surface area contributed by atoms with Crippen LogP contribution in [0.2, 0.25) is 0 Å². The van der Waals surface area contributed by atoms with Crippen LogP contribution in [0.25, 0.3) is 0 Å². The summed E-state index contributed by atoms with van der Waals surface area (Å²) in [5.74, 6) is 0.698. The summed E-state index contributed by atoms with van der Waals surface area (Å²) in [5.41, 5.74) is 0. The lowest BCUT2D eigenvalue weighted by atomic mass is 9.81. The number of hydrogen-bond donors (Lipinski definition) is 2. The van der Waals surface area contributed by atoms with E-state index in [2.05, 4.69) is 22.5 Å². The highest BCUT2D eigenvalue weighted by molar-refractivity contribution is 6.45. The molecule has 2 fully saturated rings. The van der Waals surface area contributed by atoms with E-state index >= 15 is 0 Å². The Morgan fingerprint density at radius 2 is 1.71 bits per heavy atom. The van der Waals surface area contributed by atoms with Gasteiger partial charge in [0, 0.05) is 6.54 Å². The first-order chi connectivity index (χ1) is 8.15. The number of carbonyl (C=O) groups excluding carboxylic acids is 2. The van der Waals surface area contributed by atoms with E-state index in [0.717, 1.165) is 18.3 Å². The second-order valence-electron chi connectivity index (χ2n) is 5.05. The van der Waals surface area contributed by atoms with Gasteiger partial charge in [-0.25, -0.2) is 0 Å². The van der Waals surface area contributed by atoms with Gasteiger partial charge >= 0.3 is 11.8 Å². The minimum atomic E-state index is -0.616. The van der Waals surface area contributed by atoms with Gasteiger partial charge in [0.05, 0.1) is 0 Å². The molecule has 1 aliphatic heterocycles. The summed E-state index contributed by atoms with van der Waals surface area (Å²) < 4.78 is 0. The van der Waals surface area contributed by atoms with E-state index in [1.165, 1.54) is 25.7 Å². The van der Waals surface area contributed by atoms with Gasteiger partial charge in [-0.05, 0) is 18.3 Å². The van der Waals surface area contributed by atoms with Crippen LogP contribution >= 0.6 is 0 Å². The van der Waals surface area contributed by atoms with Crippen molar-refractivity contribution in [3.8, 4) is 0 Å². The molecule has 2 aliphatic rings. The van der Waals surface area contributed by atoms with Crippen molar-refractivity contribution < 1.29 is 9.59 Å². The van der Waals surface area contributed by atoms with E-state index in [9.17, 15) is 9.59 Å². The lowest BCUT2D eigenvalue weighted by Gasteiger charge is -2.25. The predicted octanol–water partition coefficient (Wildman–Crippen LogP) is 0.805. The van der Waals surface area contributed by atoms with Gasteiger partial charge in [-0.2, -0.15) is 0 Å². The molecule has 5 heteroatoms. The molecule has 5 nitrogen and oxygen atoms in total. The molecule has 1 saturated carbocycles. The topological polar surface area (TPSA) is 70.6 Å². The third-order valence-electron chi connectivity index (χ3n) is 3.61. The summed E-state index contributed by atoms with van der Waals surface area (Å²) in [6.45, 7) is 2.98. The molecular formula is C12H19N3O2. The molecule has 2 amide bonds. The number of nitrogens with zero attached hydrogens (tertiary/aromatic N) is 1. The average molecular weight is 237 g/mol. The fourth-order valence-corrected chi connectivity index (χ4v) is 2.42. The Bertz CT molecular complexity index is 326. The van der Waals surface area contributed by atoms with Gasteiger partial charge in [0.15, 0.2) is 0 Å². The molecule has 0 radical (unpaired) electrons. The fourth-order valence-electron chi connectivity index (χ4n) is 2.42. The van der Waals surface area contributed by atoms with Crippen molar-refractivity contribution in [2.24, 2.45) is 16.8 Å². The zero-order valence-corrected chi connectivity index (χ0v) is 10.2. The van der Waals surface area contributed by atoms with Crippen LogP contribution in [0.15, 0.2) is 4.99 Å². The number of rotatable bonds is 3. The van der Waals surface area contributed by atoms with Crippen molar-refractivity contribution >= 4 is 17.8 Å². The van der Waals surface area contributed by atoms with E-state index in [0.29, 0.717) is 12.5 Å². The minimum Gasteiger partial charge on any atom is -0.288 e. The van der Waals surface area contributed by atoms with Gasteiger partial charge in [0.25, 0.3) is 0 Å². The largest absolute Gasteiger partial charge is 0.316 e. The van der Waals surface area contributed by atoms with Crippen LogP contribution in [0, 0.1) is 11.8 Å². The van der Waals surface area contributed by atoms with E-state index in [4.69, 9.17) is 0 Å². The highest BCUT2D eigenvalue weighted by Crippen LogP contribution is 2.30. The summed E-state index contributed by atoms with van der Waals surface area (Å²) in [6.07, 6.45) is 6.24. The number of nitrogens with one attached hydrogen (secondary N) is 2. The van der Waals surface area contributed by atoms with Crippen LogP contribution in [-0.4, -0.2) is 24.3 Å². The van der Waals surface area contributed by atoms with Gasteiger partial charge in [-0.3, -0.25) is 25.2 Å². The highest BCUT2D eigenvalue weighted by atomic mass is 16.2. The maximum atomic E-state index is 10.9. The molecule has 0 spiro atoms. The van der Waals surface area contributed by atoms with Gasteiger partial charge in [-0.15, -0.1) is 0 Å². The third-order valence-corrected chi connectivity index (χ3v) is 3.61. The maximum Gasteiger partial charge on any atom is 0.316 e. The molecule has 1 saturated heterocycles. The molecule has 1 aliphatic carbocycles. The molecule has 17 heavy (non-hydrogen) atoms. The first-order valence-electron chi connectivity index (χ1n) is 6.32. The molecule has 0 atom stereocenters. The van der Waals surface area contributed by atoms with Crippen LogP contribution in [0.5, 0.6) is 0 Å². The van der Waals surface area contributed by atoms with E-state index in [1.54, 1.807) is 0 Å². The van der Waals surface area contributed by atoms with Crippen molar-refractivity contribution in [1.29, 1.82) is 0 Å². The molecule has 0 aromatic carbocycles. The number of carbonyl (C=O) groups is 2. The molecule has 2 rings (SSSR count). The van der Waals surface area contributed by atoms with Crippen LogP contribution in [-0.2, 0) is 9.59 Å². The predicted molar refractivity (Wildman–Crippen MR) is 64.3 cm³/mol. The monoisotopic (exact) mass is 237 g/mol. The maximum absolute atomic E-state index is 10.9. The lowest BCUT2D eigenvalue weighted by Crippen LogP contribution is -2.26. The van der Waals surface area contributed by atoms with Crippen LogP contribution in [0.4, 0.5) is 0 Å².